The number of carbonyl (C=O) groups excluding carboxylic acids is 2. The molecule has 0 unspecified atom stereocenters. The summed E-state index contributed by atoms with van der Waals surface area (Å²) in [6, 6.07) is 22.4. The molecule has 0 saturated carbocycles. The number of aromatic nitrogens is 4. The minimum Gasteiger partial charge on any atom is -0.327 e. The first-order valence-corrected chi connectivity index (χ1v) is 16.5. The van der Waals surface area contributed by atoms with E-state index in [0.717, 1.165) is 5.56 Å². The van der Waals surface area contributed by atoms with Crippen LogP contribution in [-0.2, 0) is 26.0 Å². The highest BCUT2D eigenvalue weighted by Crippen LogP contribution is 2.28. The number of ketones is 1. The molecule has 2 atom stereocenters. The molecule has 0 spiro atoms. The van der Waals surface area contributed by atoms with Crippen molar-refractivity contribution in [2.45, 2.75) is 29.8 Å². The Morgan fingerprint density at radius 3 is 2.33 bits per heavy atom. The normalized spacial score (nSPS) is 19.7. The van der Waals surface area contributed by atoms with E-state index in [4.69, 9.17) is 11.6 Å². The predicted octanol–water partition coefficient (Wildman–Crippen LogP) is 3.12. The summed E-state index contributed by atoms with van der Waals surface area (Å²) in [5.41, 5.74) is 2.17. The SMILES string of the molecule is O=C(Cc1ccccc1)[C@@H]1C[C@H](N2CCN(S(=O)(=O)c3ccccc3)CC2)CN1C(=O)/C=C/c1cc(Cl)ccc1-n1cnnn1. The van der Waals surface area contributed by atoms with Crippen molar-refractivity contribution in [3.8, 4) is 5.69 Å². The molecule has 6 rings (SSSR count). The van der Waals surface area contributed by atoms with Crippen molar-refractivity contribution >= 4 is 39.4 Å². The van der Waals surface area contributed by atoms with Gasteiger partial charge in [0.1, 0.15) is 6.33 Å². The van der Waals surface area contributed by atoms with Gasteiger partial charge in [0.15, 0.2) is 5.78 Å². The van der Waals surface area contributed by atoms with Gasteiger partial charge in [-0.2, -0.15) is 8.99 Å². The number of rotatable bonds is 9. The summed E-state index contributed by atoms with van der Waals surface area (Å²) in [6.45, 7) is 2.03. The maximum Gasteiger partial charge on any atom is 0.247 e. The number of Topliss-reactive ketones (excluding diaryl/α,β-unsaturated/α-hetero) is 1. The molecule has 3 aromatic carbocycles. The number of sulfonamides is 1. The van der Waals surface area contributed by atoms with Crippen LogP contribution >= 0.6 is 11.6 Å². The number of likely N-dealkylation sites (tertiary alicyclic amines) is 1. The Kier molecular flexibility index (Phi) is 9.17. The lowest BCUT2D eigenvalue weighted by Crippen LogP contribution is -2.52. The first-order valence-electron chi connectivity index (χ1n) is 14.7. The van der Waals surface area contributed by atoms with Gasteiger partial charge in [-0.1, -0.05) is 60.1 Å². The van der Waals surface area contributed by atoms with E-state index in [1.165, 1.54) is 21.4 Å². The van der Waals surface area contributed by atoms with Crippen LogP contribution in [-0.4, -0.2) is 99.2 Å². The number of carbonyl (C=O) groups is 2. The average molecular weight is 646 g/mol. The van der Waals surface area contributed by atoms with E-state index >= 15 is 0 Å². The highest BCUT2D eigenvalue weighted by atomic mass is 35.5. The number of piperazine rings is 1. The third kappa shape index (κ3) is 6.89. The molecule has 11 nitrogen and oxygen atoms in total. The number of hydrogen-bond donors (Lipinski definition) is 0. The van der Waals surface area contributed by atoms with E-state index in [1.807, 2.05) is 30.3 Å². The molecule has 232 valence electrons. The van der Waals surface area contributed by atoms with E-state index in [1.54, 1.807) is 59.5 Å². The minimum absolute atomic E-state index is 0.0344. The topological polar surface area (TPSA) is 122 Å². The Labute approximate surface area is 266 Å². The van der Waals surface area contributed by atoms with Gasteiger partial charge in [-0.3, -0.25) is 14.5 Å². The Hall–Kier alpha value is -4.23. The molecule has 1 amide bonds. The van der Waals surface area contributed by atoms with E-state index in [-0.39, 0.29) is 29.0 Å². The third-order valence-electron chi connectivity index (χ3n) is 8.32. The highest BCUT2D eigenvalue weighted by Gasteiger charge is 2.42. The predicted molar refractivity (Wildman–Crippen MR) is 169 cm³/mol. The molecule has 3 heterocycles. The van der Waals surface area contributed by atoms with Crippen LogP contribution < -0.4 is 0 Å². The maximum absolute atomic E-state index is 13.7. The third-order valence-corrected chi connectivity index (χ3v) is 10.5. The summed E-state index contributed by atoms with van der Waals surface area (Å²) in [5, 5.41) is 11.8. The summed E-state index contributed by atoms with van der Waals surface area (Å²) in [5.74, 6) is -0.329. The van der Waals surface area contributed by atoms with E-state index in [9.17, 15) is 18.0 Å². The first kappa shape index (κ1) is 30.8. The van der Waals surface area contributed by atoms with E-state index < -0.39 is 16.1 Å². The standard InChI is InChI=1S/C32H32ClN7O4S/c33-26-12-13-29(40-23-34-35-36-40)25(20-26)11-14-32(42)39-22-27(21-30(39)31(41)19-24-7-3-1-4-8-24)37-15-17-38(18-16-37)45(43,44)28-9-5-2-6-10-28/h1-14,20,23,27,30H,15-19,21-22H2/b14-11+/t27-,30-/m0/s1. The van der Waals surface area contributed by atoms with Crippen LogP contribution in [0.3, 0.4) is 0 Å². The fourth-order valence-electron chi connectivity index (χ4n) is 5.99. The number of benzene rings is 3. The first-order chi connectivity index (χ1) is 21.8. The Morgan fingerprint density at radius 2 is 1.64 bits per heavy atom. The van der Waals surface area contributed by atoms with Gasteiger partial charge in [0.25, 0.3) is 0 Å². The largest absolute Gasteiger partial charge is 0.327 e. The molecule has 13 heteroatoms. The lowest BCUT2D eigenvalue weighted by molar-refractivity contribution is -0.133. The summed E-state index contributed by atoms with van der Waals surface area (Å²) >= 11 is 6.26. The van der Waals surface area contributed by atoms with Gasteiger partial charge in [-0.15, -0.1) is 5.10 Å². The molecule has 0 radical (unpaired) electrons. The van der Waals surface area contributed by atoms with Crippen molar-refractivity contribution in [3.63, 3.8) is 0 Å². The Balaban J connectivity index is 1.20. The number of amides is 1. The number of nitrogens with zero attached hydrogens (tertiary/aromatic N) is 7. The maximum atomic E-state index is 13.7. The van der Waals surface area contributed by atoms with Crippen LogP contribution in [0.2, 0.25) is 5.02 Å². The van der Waals surface area contributed by atoms with Crippen LogP contribution in [0, 0.1) is 0 Å². The molecule has 2 aliphatic heterocycles. The van der Waals surface area contributed by atoms with E-state index in [2.05, 4.69) is 20.4 Å². The van der Waals surface area contributed by atoms with Crippen LogP contribution in [0.25, 0.3) is 11.8 Å². The fraction of sp³-hybridized carbons (Fsp3) is 0.281. The summed E-state index contributed by atoms with van der Waals surface area (Å²) in [7, 11) is -3.59. The van der Waals surface area contributed by atoms with Crippen LogP contribution in [0.5, 0.6) is 0 Å². The second-order valence-corrected chi connectivity index (χ2v) is 13.4. The van der Waals surface area contributed by atoms with Crippen molar-refractivity contribution in [1.82, 2.24) is 34.3 Å². The van der Waals surface area contributed by atoms with Gasteiger partial charge in [0.05, 0.1) is 16.6 Å². The molecule has 0 bridgehead atoms. The minimum atomic E-state index is -3.59. The number of halogens is 1. The van der Waals surface area contributed by atoms with Gasteiger partial charge >= 0.3 is 0 Å². The monoisotopic (exact) mass is 645 g/mol. The zero-order valence-electron chi connectivity index (χ0n) is 24.4. The second-order valence-electron chi connectivity index (χ2n) is 11.1. The molecule has 2 aliphatic rings. The zero-order chi connectivity index (χ0) is 31.4. The number of tetrazole rings is 1. The molecule has 2 fully saturated rings. The molecule has 0 aliphatic carbocycles. The molecule has 45 heavy (non-hydrogen) atoms. The quantitative estimate of drug-likeness (QED) is 0.255. The second kappa shape index (κ2) is 13.4. The van der Waals surface area contributed by atoms with Crippen molar-refractivity contribution < 1.29 is 18.0 Å². The van der Waals surface area contributed by atoms with Crippen LogP contribution in [0.15, 0.2) is 96.2 Å². The van der Waals surface area contributed by atoms with Crippen molar-refractivity contribution in [1.29, 1.82) is 0 Å². The average Bonchev–Trinajstić information content (AvgIpc) is 3.76. The lowest BCUT2D eigenvalue weighted by Gasteiger charge is -2.37. The lowest BCUT2D eigenvalue weighted by atomic mass is 10.0. The number of hydrogen-bond acceptors (Lipinski definition) is 8. The van der Waals surface area contributed by atoms with Crippen LogP contribution in [0.1, 0.15) is 17.5 Å². The van der Waals surface area contributed by atoms with Crippen molar-refractivity contribution in [3.05, 3.63) is 107 Å². The smallest absolute Gasteiger partial charge is 0.247 e. The summed E-state index contributed by atoms with van der Waals surface area (Å²) in [4.78, 5) is 31.5. The molecule has 4 aromatic rings. The molecule has 1 aromatic heterocycles. The molecular formula is C32H32ClN7O4S. The van der Waals surface area contributed by atoms with Gasteiger partial charge in [-0.25, -0.2) is 8.42 Å². The van der Waals surface area contributed by atoms with Crippen LogP contribution in [0.4, 0.5) is 0 Å². The van der Waals surface area contributed by atoms with Gasteiger partial charge in [-0.05, 0) is 58.8 Å². The zero-order valence-corrected chi connectivity index (χ0v) is 26.0. The van der Waals surface area contributed by atoms with Gasteiger partial charge in [0, 0.05) is 61.8 Å². The van der Waals surface area contributed by atoms with Crippen molar-refractivity contribution in [2.75, 3.05) is 32.7 Å². The molecule has 0 N–H and O–H groups in total. The summed E-state index contributed by atoms with van der Waals surface area (Å²) in [6.07, 6.45) is 5.26. The Morgan fingerprint density at radius 1 is 0.933 bits per heavy atom. The molecular weight excluding hydrogens is 614 g/mol. The van der Waals surface area contributed by atoms with Gasteiger partial charge < -0.3 is 4.90 Å². The fourth-order valence-corrected chi connectivity index (χ4v) is 7.61. The molecule has 2 saturated heterocycles. The van der Waals surface area contributed by atoms with Crippen molar-refractivity contribution in [2.24, 2.45) is 0 Å². The summed E-state index contributed by atoms with van der Waals surface area (Å²) < 4.78 is 29.3. The highest BCUT2D eigenvalue weighted by molar-refractivity contribution is 7.89. The van der Waals surface area contributed by atoms with E-state index in [0.29, 0.717) is 55.4 Å². The van der Waals surface area contributed by atoms with Gasteiger partial charge in [0.2, 0.25) is 15.9 Å². The Bertz CT molecular complexity index is 1780.